The molecule has 0 saturated carbocycles. The predicted molar refractivity (Wildman–Crippen MR) is 99.3 cm³/mol. The van der Waals surface area contributed by atoms with Gasteiger partial charge in [-0.1, -0.05) is 30.3 Å². The Morgan fingerprint density at radius 1 is 1.08 bits per heavy atom. The van der Waals surface area contributed by atoms with Gasteiger partial charge in [0.05, 0.1) is 12.8 Å². The minimum atomic E-state index is -0.641. The van der Waals surface area contributed by atoms with E-state index >= 15 is 0 Å². The van der Waals surface area contributed by atoms with Crippen LogP contribution in [0.2, 0.25) is 0 Å². The molecule has 3 aromatic rings. The lowest BCUT2D eigenvalue weighted by molar-refractivity contribution is -0.122. The number of nitrogens with zero attached hydrogens (tertiary/aromatic N) is 1. The highest BCUT2D eigenvalue weighted by molar-refractivity contribution is 7.14. The van der Waals surface area contributed by atoms with Gasteiger partial charge in [-0.3, -0.25) is 10.1 Å². The molecule has 1 atom stereocenters. The average Bonchev–Trinajstić information content (AvgIpc) is 3.11. The van der Waals surface area contributed by atoms with Gasteiger partial charge in [-0.15, -0.1) is 11.3 Å². The Morgan fingerprint density at radius 2 is 1.76 bits per heavy atom. The Balaban J connectivity index is 1.60. The molecule has 6 heteroatoms. The van der Waals surface area contributed by atoms with Crippen molar-refractivity contribution in [3.05, 3.63) is 60.0 Å². The molecule has 25 heavy (non-hydrogen) atoms. The van der Waals surface area contributed by atoms with Crippen LogP contribution in [0.5, 0.6) is 11.5 Å². The maximum atomic E-state index is 12.3. The zero-order chi connectivity index (χ0) is 17.6. The Bertz CT molecular complexity index is 831. The first-order chi connectivity index (χ1) is 12.2. The summed E-state index contributed by atoms with van der Waals surface area (Å²) in [4.78, 5) is 16.7. The Kier molecular flexibility index (Phi) is 5.30. The van der Waals surface area contributed by atoms with Gasteiger partial charge in [-0.2, -0.15) is 0 Å². The van der Waals surface area contributed by atoms with Crippen LogP contribution >= 0.6 is 11.3 Å². The van der Waals surface area contributed by atoms with Gasteiger partial charge in [-0.05, 0) is 31.2 Å². The number of ether oxygens (including phenoxy) is 2. The summed E-state index contributed by atoms with van der Waals surface area (Å²) in [7, 11) is 1.60. The topological polar surface area (TPSA) is 60.5 Å². The molecule has 128 valence electrons. The van der Waals surface area contributed by atoms with E-state index < -0.39 is 6.10 Å². The maximum Gasteiger partial charge on any atom is 0.266 e. The van der Waals surface area contributed by atoms with Crippen LogP contribution in [-0.2, 0) is 4.79 Å². The summed E-state index contributed by atoms with van der Waals surface area (Å²) >= 11 is 1.39. The van der Waals surface area contributed by atoms with Gasteiger partial charge in [0.15, 0.2) is 11.2 Å². The van der Waals surface area contributed by atoms with Crippen LogP contribution in [0.4, 0.5) is 5.13 Å². The summed E-state index contributed by atoms with van der Waals surface area (Å²) in [5, 5.41) is 5.26. The van der Waals surface area contributed by atoms with Gasteiger partial charge in [0.2, 0.25) is 0 Å². The van der Waals surface area contributed by atoms with Crippen molar-refractivity contribution >= 4 is 22.4 Å². The lowest BCUT2D eigenvalue weighted by atomic mass is 10.2. The number of thiazole rings is 1. The molecule has 0 fully saturated rings. The zero-order valence-electron chi connectivity index (χ0n) is 13.9. The molecule has 0 spiro atoms. The summed E-state index contributed by atoms with van der Waals surface area (Å²) < 4.78 is 10.7. The van der Waals surface area contributed by atoms with E-state index in [1.807, 2.05) is 35.7 Å². The highest BCUT2D eigenvalue weighted by Crippen LogP contribution is 2.25. The van der Waals surface area contributed by atoms with Gasteiger partial charge < -0.3 is 9.47 Å². The van der Waals surface area contributed by atoms with Crippen LogP contribution in [-0.4, -0.2) is 24.1 Å². The zero-order valence-corrected chi connectivity index (χ0v) is 14.7. The van der Waals surface area contributed by atoms with E-state index in [1.165, 1.54) is 11.3 Å². The second kappa shape index (κ2) is 7.81. The van der Waals surface area contributed by atoms with E-state index in [4.69, 9.17) is 9.47 Å². The summed E-state index contributed by atoms with van der Waals surface area (Å²) in [6, 6.07) is 16.9. The minimum Gasteiger partial charge on any atom is -0.497 e. The number of carbonyl (C=O) groups is 1. The van der Waals surface area contributed by atoms with Crippen LogP contribution in [0.15, 0.2) is 60.0 Å². The number of hydrogen-bond acceptors (Lipinski definition) is 5. The summed E-state index contributed by atoms with van der Waals surface area (Å²) in [6.45, 7) is 1.70. The van der Waals surface area contributed by atoms with Crippen molar-refractivity contribution < 1.29 is 14.3 Å². The van der Waals surface area contributed by atoms with Crippen LogP contribution in [0.25, 0.3) is 11.3 Å². The lowest BCUT2D eigenvalue weighted by Gasteiger charge is -2.13. The number of methoxy groups -OCH3 is 1. The number of anilines is 1. The van der Waals surface area contributed by atoms with E-state index in [0.717, 1.165) is 17.0 Å². The Labute approximate surface area is 150 Å². The Morgan fingerprint density at radius 3 is 2.44 bits per heavy atom. The molecule has 1 aromatic heterocycles. The van der Waals surface area contributed by atoms with Gasteiger partial charge in [0.1, 0.15) is 11.5 Å². The second-order valence-electron chi connectivity index (χ2n) is 5.33. The molecule has 3 rings (SSSR count). The quantitative estimate of drug-likeness (QED) is 0.720. The number of aromatic nitrogens is 1. The van der Waals surface area contributed by atoms with Crippen LogP contribution in [0, 0.1) is 0 Å². The number of rotatable bonds is 6. The van der Waals surface area contributed by atoms with Gasteiger partial charge in [0, 0.05) is 10.9 Å². The summed E-state index contributed by atoms with van der Waals surface area (Å²) in [5.74, 6) is 1.10. The number of amides is 1. The molecule has 1 amide bonds. The van der Waals surface area contributed by atoms with Crippen LogP contribution in [0.3, 0.4) is 0 Å². The van der Waals surface area contributed by atoms with Crippen LogP contribution in [0.1, 0.15) is 6.92 Å². The number of hydrogen-bond donors (Lipinski definition) is 1. The van der Waals surface area contributed by atoms with Gasteiger partial charge in [-0.25, -0.2) is 4.98 Å². The van der Waals surface area contributed by atoms with Crippen molar-refractivity contribution in [2.75, 3.05) is 12.4 Å². The fourth-order valence-electron chi connectivity index (χ4n) is 2.19. The molecule has 1 heterocycles. The molecule has 1 N–H and O–H groups in total. The molecular formula is C19H18N2O3S. The highest BCUT2D eigenvalue weighted by Gasteiger charge is 2.16. The molecule has 5 nitrogen and oxygen atoms in total. The van der Waals surface area contributed by atoms with Crippen molar-refractivity contribution in [1.29, 1.82) is 0 Å². The Hall–Kier alpha value is -2.86. The first-order valence-electron chi connectivity index (χ1n) is 7.78. The highest BCUT2D eigenvalue weighted by atomic mass is 32.1. The van der Waals surface area contributed by atoms with Crippen molar-refractivity contribution in [3.63, 3.8) is 0 Å². The third kappa shape index (κ3) is 4.36. The van der Waals surface area contributed by atoms with Gasteiger partial charge in [0.25, 0.3) is 5.91 Å². The lowest BCUT2D eigenvalue weighted by Crippen LogP contribution is -2.30. The third-order valence-corrected chi connectivity index (χ3v) is 4.30. The fourth-order valence-corrected chi connectivity index (χ4v) is 2.91. The molecule has 0 aliphatic heterocycles. The van der Waals surface area contributed by atoms with Gasteiger partial charge >= 0.3 is 0 Å². The molecule has 2 aromatic carbocycles. The van der Waals surface area contributed by atoms with E-state index in [0.29, 0.717) is 10.9 Å². The van der Waals surface area contributed by atoms with E-state index in [-0.39, 0.29) is 5.91 Å². The molecular weight excluding hydrogens is 336 g/mol. The standard InChI is InChI=1S/C19H18N2O3S/c1-13(24-16-10-8-15(23-2)9-11-16)18(22)21-19-20-17(12-25-19)14-6-4-3-5-7-14/h3-13H,1-2H3,(H,20,21,22). The fraction of sp³-hybridized carbons (Fsp3) is 0.158. The summed E-state index contributed by atoms with van der Waals surface area (Å²) in [6.07, 6.45) is -0.641. The predicted octanol–water partition coefficient (Wildman–Crippen LogP) is 4.22. The second-order valence-corrected chi connectivity index (χ2v) is 6.19. The normalized spacial score (nSPS) is 11.6. The first kappa shape index (κ1) is 17.0. The summed E-state index contributed by atoms with van der Waals surface area (Å²) in [5.41, 5.74) is 1.85. The molecule has 0 radical (unpaired) electrons. The molecule has 0 aliphatic rings. The van der Waals surface area contributed by atoms with E-state index in [2.05, 4.69) is 10.3 Å². The SMILES string of the molecule is COc1ccc(OC(C)C(=O)Nc2nc(-c3ccccc3)cs2)cc1. The monoisotopic (exact) mass is 354 g/mol. The molecule has 0 bridgehead atoms. The minimum absolute atomic E-state index is 0.246. The van der Waals surface area contributed by atoms with Crippen molar-refractivity contribution in [1.82, 2.24) is 4.98 Å². The number of nitrogens with one attached hydrogen (secondary N) is 1. The van der Waals surface area contributed by atoms with Crippen LogP contribution < -0.4 is 14.8 Å². The largest absolute Gasteiger partial charge is 0.497 e. The van der Waals surface area contributed by atoms with E-state index in [1.54, 1.807) is 38.3 Å². The molecule has 0 saturated heterocycles. The third-order valence-electron chi connectivity index (χ3n) is 3.55. The van der Waals surface area contributed by atoms with Crippen molar-refractivity contribution in [3.8, 4) is 22.8 Å². The molecule has 1 unspecified atom stereocenters. The smallest absolute Gasteiger partial charge is 0.266 e. The first-order valence-corrected chi connectivity index (χ1v) is 8.66. The number of carbonyl (C=O) groups excluding carboxylic acids is 1. The molecule has 0 aliphatic carbocycles. The van der Waals surface area contributed by atoms with Crippen molar-refractivity contribution in [2.45, 2.75) is 13.0 Å². The maximum absolute atomic E-state index is 12.3. The van der Waals surface area contributed by atoms with Crippen molar-refractivity contribution in [2.24, 2.45) is 0 Å². The number of benzene rings is 2. The van der Waals surface area contributed by atoms with E-state index in [9.17, 15) is 4.79 Å². The average molecular weight is 354 g/mol.